The van der Waals surface area contributed by atoms with Crippen LogP contribution in [0.4, 0.5) is 0 Å². The van der Waals surface area contributed by atoms with Gasteiger partial charge in [-0.15, -0.1) is 0 Å². The summed E-state index contributed by atoms with van der Waals surface area (Å²) in [6.45, 7) is 3.94. The molecule has 0 fully saturated rings. The first-order valence-electron chi connectivity index (χ1n) is 3.73. The van der Waals surface area contributed by atoms with E-state index >= 15 is 0 Å². The van der Waals surface area contributed by atoms with Crippen molar-refractivity contribution in [3.8, 4) is 0 Å². The van der Waals surface area contributed by atoms with Crippen LogP contribution in [0.5, 0.6) is 0 Å². The van der Waals surface area contributed by atoms with Gasteiger partial charge in [0.1, 0.15) is 0 Å². The summed E-state index contributed by atoms with van der Waals surface area (Å²) in [7, 11) is 0. The van der Waals surface area contributed by atoms with E-state index in [1.165, 1.54) is 6.08 Å². The maximum atomic E-state index is 10.4. The highest BCUT2D eigenvalue weighted by Gasteiger charge is 1.96. The largest absolute Gasteiger partial charge is 0.366 e. The van der Waals surface area contributed by atoms with Crippen molar-refractivity contribution >= 4 is 12.0 Å². The van der Waals surface area contributed by atoms with Gasteiger partial charge in [0.05, 0.1) is 0 Å². The Bertz CT molecular complexity index is 323. The van der Waals surface area contributed by atoms with Crippen molar-refractivity contribution in [2.75, 3.05) is 0 Å². The number of aryl methyl sites for hydroxylation is 2. The Balaban J connectivity index is 2.89. The van der Waals surface area contributed by atoms with Crippen molar-refractivity contribution in [1.82, 2.24) is 4.98 Å². The number of amides is 1. The Morgan fingerprint density at radius 1 is 1.58 bits per heavy atom. The molecule has 0 aliphatic rings. The quantitative estimate of drug-likeness (QED) is 0.632. The van der Waals surface area contributed by atoms with Crippen molar-refractivity contribution < 1.29 is 4.79 Å². The molecule has 0 unspecified atom stereocenters. The van der Waals surface area contributed by atoms with Crippen LogP contribution in [0.2, 0.25) is 0 Å². The molecular weight excluding hydrogens is 152 g/mol. The summed E-state index contributed by atoms with van der Waals surface area (Å²) in [5.74, 6) is -0.429. The van der Waals surface area contributed by atoms with Crippen molar-refractivity contribution in [2.45, 2.75) is 13.8 Å². The highest BCUT2D eigenvalue weighted by Crippen LogP contribution is 2.09. The standard InChI is InChI=1S/C9H12N2O/c1-6-5-7(2)11-8(6)3-4-9(10)12/h3-5,11H,1-2H3,(H2,10,12). The normalized spacial score (nSPS) is 10.8. The fraction of sp³-hybridized carbons (Fsp3) is 0.222. The van der Waals surface area contributed by atoms with E-state index in [2.05, 4.69) is 4.98 Å². The lowest BCUT2D eigenvalue weighted by Crippen LogP contribution is -2.05. The fourth-order valence-electron chi connectivity index (χ4n) is 1.09. The van der Waals surface area contributed by atoms with Crippen LogP contribution in [-0.2, 0) is 4.79 Å². The van der Waals surface area contributed by atoms with Gasteiger partial charge < -0.3 is 10.7 Å². The van der Waals surface area contributed by atoms with E-state index in [1.54, 1.807) is 6.08 Å². The fourth-order valence-corrected chi connectivity index (χ4v) is 1.09. The molecule has 0 bridgehead atoms. The molecule has 0 spiro atoms. The molecule has 0 aliphatic heterocycles. The summed E-state index contributed by atoms with van der Waals surface area (Å²) < 4.78 is 0. The average molecular weight is 164 g/mol. The third-order valence-corrected chi connectivity index (χ3v) is 1.60. The first kappa shape index (κ1) is 8.59. The minimum Gasteiger partial charge on any atom is -0.366 e. The molecule has 3 heteroatoms. The number of aromatic amines is 1. The first-order valence-corrected chi connectivity index (χ1v) is 3.73. The van der Waals surface area contributed by atoms with Crippen molar-refractivity contribution in [3.63, 3.8) is 0 Å². The smallest absolute Gasteiger partial charge is 0.241 e. The van der Waals surface area contributed by atoms with Crippen LogP contribution in [0.1, 0.15) is 17.0 Å². The summed E-state index contributed by atoms with van der Waals surface area (Å²) in [4.78, 5) is 13.5. The van der Waals surface area contributed by atoms with Gasteiger partial charge in [-0.05, 0) is 31.6 Å². The predicted octanol–water partition coefficient (Wildman–Crippen LogP) is 1.13. The van der Waals surface area contributed by atoms with Crippen molar-refractivity contribution in [1.29, 1.82) is 0 Å². The van der Waals surface area contributed by atoms with Crippen LogP contribution < -0.4 is 5.73 Å². The van der Waals surface area contributed by atoms with Gasteiger partial charge in [0.2, 0.25) is 5.91 Å². The molecule has 0 saturated carbocycles. The number of carbonyl (C=O) groups is 1. The molecule has 0 radical (unpaired) electrons. The summed E-state index contributed by atoms with van der Waals surface area (Å²) in [5, 5.41) is 0. The molecule has 1 aromatic rings. The highest BCUT2D eigenvalue weighted by atomic mass is 16.1. The third kappa shape index (κ3) is 1.99. The summed E-state index contributed by atoms with van der Waals surface area (Å²) in [6.07, 6.45) is 3.03. The van der Waals surface area contributed by atoms with Crippen molar-refractivity contribution in [3.05, 3.63) is 29.1 Å². The molecule has 1 rings (SSSR count). The lowest BCUT2D eigenvalue weighted by atomic mass is 10.2. The lowest BCUT2D eigenvalue weighted by Gasteiger charge is -1.88. The monoisotopic (exact) mass is 164 g/mol. The number of nitrogens with one attached hydrogen (secondary N) is 1. The van der Waals surface area contributed by atoms with Crippen LogP contribution in [-0.4, -0.2) is 10.9 Å². The van der Waals surface area contributed by atoms with Crippen LogP contribution >= 0.6 is 0 Å². The van der Waals surface area contributed by atoms with Crippen LogP contribution in [0.3, 0.4) is 0 Å². The zero-order chi connectivity index (χ0) is 9.14. The van der Waals surface area contributed by atoms with E-state index in [-0.39, 0.29) is 0 Å². The summed E-state index contributed by atoms with van der Waals surface area (Å²) >= 11 is 0. The minimum atomic E-state index is -0.429. The van der Waals surface area contributed by atoms with Gasteiger partial charge in [-0.3, -0.25) is 4.79 Å². The molecule has 1 aromatic heterocycles. The minimum absolute atomic E-state index is 0.429. The van der Waals surface area contributed by atoms with Crippen LogP contribution in [0.25, 0.3) is 6.08 Å². The summed E-state index contributed by atoms with van der Waals surface area (Å²) in [5.41, 5.74) is 8.09. The number of H-pyrrole nitrogens is 1. The zero-order valence-corrected chi connectivity index (χ0v) is 7.22. The third-order valence-electron chi connectivity index (χ3n) is 1.60. The number of nitrogens with two attached hydrogens (primary N) is 1. The topological polar surface area (TPSA) is 58.9 Å². The predicted molar refractivity (Wildman–Crippen MR) is 48.5 cm³/mol. The van der Waals surface area contributed by atoms with Gasteiger partial charge in [0.25, 0.3) is 0 Å². The number of hydrogen-bond donors (Lipinski definition) is 2. The first-order chi connectivity index (χ1) is 5.59. The Labute approximate surface area is 71.3 Å². The van der Waals surface area contributed by atoms with E-state index < -0.39 is 5.91 Å². The van der Waals surface area contributed by atoms with Gasteiger partial charge >= 0.3 is 0 Å². The molecule has 64 valence electrons. The van der Waals surface area contributed by atoms with E-state index in [4.69, 9.17) is 5.73 Å². The van der Waals surface area contributed by atoms with Gasteiger partial charge in [-0.2, -0.15) is 0 Å². The molecule has 12 heavy (non-hydrogen) atoms. The molecule has 0 aromatic carbocycles. The summed E-state index contributed by atoms with van der Waals surface area (Å²) in [6, 6.07) is 2.01. The molecular formula is C9H12N2O. The Hall–Kier alpha value is -1.51. The van der Waals surface area contributed by atoms with Crippen molar-refractivity contribution in [2.24, 2.45) is 5.73 Å². The molecule has 0 aliphatic carbocycles. The number of primary amides is 1. The molecule has 1 amide bonds. The van der Waals surface area contributed by atoms with Gasteiger partial charge in [0, 0.05) is 17.5 Å². The maximum absolute atomic E-state index is 10.4. The second-order valence-electron chi connectivity index (χ2n) is 2.78. The van der Waals surface area contributed by atoms with Crippen LogP contribution in [0.15, 0.2) is 12.1 Å². The second kappa shape index (κ2) is 3.26. The Morgan fingerprint density at radius 2 is 2.25 bits per heavy atom. The molecule has 3 N–H and O–H groups in total. The zero-order valence-electron chi connectivity index (χ0n) is 7.22. The number of rotatable bonds is 2. The number of carbonyl (C=O) groups excluding carboxylic acids is 1. The second-order valence-corrected chi connectivity index (χ2v) is 2.78. The molecule has 3 nitrogen and oxygen atoms in total. The highest BCUT2D eigenvalue weighted by molar-refractivity contribution is 5.90. The Morgan fingerprint density at radius 3 is 2.67 bits per heavy atom. The van der Waals surface area contributed by atoms with Gasteiger partial charge in [0.15, 0.2) is 0 Å². The average Bonchev–Trinajstić information content (AvgIpc) is 2.26. The molecule has 0 atom stereocenters. The van der Waals surface area contributed by atoms with Crippen LogP contribution in [0, 0.1) is 13.8 Å². The van der Waals surface area contributed by atoms with Gasteiger partial charge in [-0.1, -0.05) is 0 Å². The molecule has 1 heterocycles. The Kier molecular flexibility index (Phi) is 2.33. The maximum Gasteiger partial charge on any atom is 0.241 e. The number of hydrogen-bond acceptors (Lipinski definition) is 1. The van der Waals surface area contributed by atoms with E-state index in [1.807, 2.05) is 19.9 Å². The lowest BCUT2D eigenvalue weighted by molar-refractivity contribution is -0.113. The van der Waals surface area contributed by atoms with Gasteiger partial charge in [-0.25, -0.2) is 0 Å². The molecule has 0 saturated heterocycles. The number of aromatic nitrogens is 1. The van der Waals surface area contributed by atoms with E-state index in [0.29, 0.717) is 0 Å². The van der Waals surface area contributed by atoms with E-state index in [0.717, 1.165) is 17.0 Å². The SMILES string of the molecule is Cc1cc(C)c(C=CC(N)=O)[nH]1. The van der Waals surface area contributed by atoms with E-state index in [9.17, 15) is 4.79 Å².